The number of carbonyl (C=O) groups is 2. The molecule has 2 aromatic rings. The van der Waals surface area contributed by atoms with Crippen LogP contribution in [-0.4, -0.2) is 85.5 Å². The first kappa shape index (κ1) is 34.9. The summed E-state index contributed by atoms with van der Waals surface area (Å²) in [6, 6.07) is 8.05. The second kappa shape index (κ2) is 14.7. The Bertz CT molecular complexity index is 1430. The van der Waals surface area contributed by atoms with Crippen molar-refractivity contribution >= 4 is 21.8 Å². The lowest BCUT2D eigenvalue weighted by Crippen LogP contribution is -2.62. The number of piperazine rings is 1. The van der Waals surface area contributed by atoms with Gasteiger partial charge in [-0.1, -0.05) is 46.2 Å². The lowest BCUT2D eigenvalue weighted by Gasteiger charge is -2.38. The van der Waals surface area contributed by atoms with Crippen LogP contribution in [0.25, 0.3) is 0 Å². The number of carbonyl (C=O) groups excluding carboxylic acids is 2. The van der Waals surface area contributed by atoms with Crippen LogP contribution in [-0.2, 0) is 31.4 Å². The van der Waals surface area contributed by atoms with E-state index in [-0.39, 0.29) is 60.8 Å². The second-order valence-electron chi connectivity index (χ2n) is 12.9. The van der Waals surface area contributed by atoms with Gasteiger partial charge in [0.1, 0.15) is 11.6 Å². The van der Waals surface area contributed by atoms with Crippen molar-refractivity contribution in [2.75, 3.05) is 32.7 Å². The van der Waals surface area contributed by atoms with Gasteiger partial charge in [-0.2, -0.15) is 4.31 Å². The zero-order valence-electron chi connectivity index (χ0n) is 26.6. The summed E-state index contributed by atoms with van der Waals surface area (Å²) in [4.78, 5) is 27.7. The SMILES string of the molecule is CCCCN1CC(C(=O)NC(Cc2cc(F)cc(F)c2)[C@H](O)[C@H]2CN(S(=O)(=O)c3ccc(C(C)(C)CC)cc3)CCN2)CC1=O. The molecule has 12 heteroatoms. The van der Waals surface area contributed by atoms with Crippen LogP contribution in [0.15, 0.2) is 47.4 Å². The Morgan fingerprint density at radius 3 is 2.40 bits per heavy atom. The highest BCUT2D eigenvalue weighted by molar-refractivity contribution is 7.89. The summed E-state index contributed by atoms with van der Waals surface area (Å²) in [5.41, 5.74) is 1.15. The predicted molar refractivity (Wildman–Crippen MR) is 168 cm³/mol. The van der Waals surface area contributed by atoms with Gasteiger partial charge in [-0.25, -0.2) is 17.2 Å². The first-order valence-corrected chi connectivity index (χ1v) is 17.2. The smallest absolute Gasteiger partial charge is 0.243 e. The molecule has 2 amide bonds. The van der Waals surface area contributed by atoms with Gasteiger partial charge in [-0.3, -0.25) is 9.59 Å². The van der Waals surface area contributed by atoms with Gasteiger partial charge in [0.25, 0.3) is 0 Å². The van der Waals surface area contributed by atoms with Gasteiger partial charge in [-0.05, 0) is 60.1 Å². The minimum Gasteiger partial charge on any atom is -0.389 e. The fraction of sp³-hybridized carbons (Fsp3) is 0.576. The summed E-state index contributed by atoms with van der Waals surface area (Å²) >= 11 is 0. The Hall–Kier alpha value is -2.93. The Morgan fingerprint density at radius 1 is 1.11 bits per heavy atom. The number of hydrogen-bond acceptors (Lipinski definition) is 6. The van der Waals surface area contributed by atoms with E-state index in [1.165, 1.54) is 4.31 Å². The van der Waals surface area contributed by atoms with Crippen molar-refractivity contribution in [2.24, 2.45) is 5.92 Å². The van der Waals surface area contributed by atoms with Gasteiger partial charge in [0, 0.05) is 51.3 Å². The number of unbranched alkanes of at least 4 members (excludes halogenated alkanes) is 1. The van der Waals surface area contributed by atoms with Crippen LogP contribution < -0.4 is 10.6 Å². The summed E-state index contributed by atoms with van der Waals surface area (Å²) in [7, 11) is -3.90. The normalized spacial score (nSPS) is 21.1. The molecule has 4 rings (SSSR count). The van der Waals surface area contributed by atoms with Crippen molar-refractivity contribution in [1.29, 1.82) is 0 Å². The maximum atomic E-state index is 14.1. The van der Waals surface area contributed by atoms with E-state index in [1.54, 1.807) is 17.0 Å². The second-order valence-corrected chi connectivity index (χ2v) is 14.8. The molecule has 2 unspecified atom stereocenters. The third kappa shape index (κ3) is 8.46. The van der Waals surface area contributed by atoms with Crippen LogP contribution in [0.4, 0.5) is 8.78 Å². The van der Waals surface area contributed by atoms with Crippen LogP contribution in [0.1, 0.15) is 64.5 Å². The van der Waals surface area contributed by atoms with Gasteiger partial charge in [0.2, 0.25) is 21.8 Å². The quantitative estimate of drug-likeness (QED) is 0.307. The average molecular weight is 649 g/mol. The molecule has 0 spiro atoms. The van der Waals surface area contributed by atoms with E-state index >= 15 is 0 Å². The number of amides is 2. The fourth-order valence-corrected chi connectivity index (χ4v) is 7.43. The number of halogens is 2. The maximum absolute atomic E-state index is 14.1. The third-order valence-electron chi connectivity index (χ3n) is 9.22. The predicted octanol–water partition coefficient (Wildman–Crippen LogP) is 3.35. The van der Waals surface area contributed by atoms with Crippen molar-refractivity contribution < 1.29 is 31.9 Å². The summed E-state index contributed by atoms with van der Waals surface area (Å²) in [5.74, 6) is -2.78. The molecule has 2 aromatic carbocycles. The molecule has 2 aliphatic rings. The number of hydrogen-bond donors (Lipinski definition) is 3. The number of nitrogens with zero attached hydrogens (tertiary/aromatic N) is 2. The first-order chi connectivity index (χ1) is 21.2. The van der Waals surface area contributed by atoms with Gasteiger partial charge in [-0.15, -0.1) is 0 Å². The Balaban J connectivity index is 1.53. The number of benzene rings is 2. The number of likely N-dealkylation sites (tertiary alicyclic amines) is 1. The molecule has 3 N–H and O–H groups in total. The first-order valence-electron chi connectivity index (χ1n) is 15.8. The summed E-state index contributed by atoms with van der Waals surface area (Å²) in [6.07, 6.45) is 1.23. The molecule has 2 aliphatic heterocycles. The largest absolute Gasteiger partial charge is 0.389 e. The Labute approximate surface area is 265 Å². The molecular weight excluding hydrogens is 602 g/mol. The van der Waals surface area contributed by atoms with Crippen molar-refractivity contribution in [3.8, 4) is 0 Å². The topological polar surface area (TPSA) is 119 Å². The molecule has 0 saturated carbocycles. The van der Waals surface area contributed by atoms with Gasteiger partial charge in [0.15, 0.2) is 0 Å². The van der Waals surface area contributed by atoms with E-state index in [2.05, 4.69) is 31.4 Å². The minimum absolute atomic E-state index is 0.0366. The van der Waals surface area contributed by atoms with Gasteiger partial charge in [0.05, 0.1) is 23.0 Å². The highest BCUT2D eigenvalue weighted by Gasteiger charge is 2.39. The third-order valence-corrected chi connectivity index (χ3v) is 11.1. The van der Waals surface area contributed by atoms with Crippen molar-refractivity contribution in [1.82, 2.24) is 19.8 Å². The highest BCUT2D eigenvalue weighted by atomic mass is 32.2. The molecule has 45 heavy (non-hydrogen) atoms. The monoisotopic (exact) mass is 648 g/mol. The molecule has 2 heterocycles. The van der Waals surface area contributed by atoms with Crippen molar-refractivity contribution in [3.05, 3.63) is 65.2 Å². The number of aliphatic hydroxyl groups excluding tert-OH is 1. The van der Waals surface area contributed by atoms with Gasteiger partial charge < -0.3 is 20.6 Å². The van der Waals surface area contributed by atoms with Crippen LogP contribution in [0.5, 0.6) is 0 Å². The molecular formula is C33H46F2N4O5S. The van der Waals surface area contributed by atoms with Crippen molar-refractivity contribution in [2.45, 2.75) is 88.3 Å². The summed E-state index contributed by atoms with van der Waals surface area (Å²) < 4.78 is 56.7. The van der Waals surface area contributed by atoms with E-state index in [1.807, 2.05) is 19.1 Å². The summed E-state index contributed by atoms with van der Waals surface area (Å²) in [6.45, 7) is 9.45. The van der Waals surface area contributed by atoms with Crippen LogP contribution in [0.2, 0.25) is 0 Å². The van der Waals surface area contributed by atoms with Crippen LogP contribution in [0.3, 0.4) is 0 Å². The lowest BCUT2D eigenvalue weighted by atomic mass is 9.82. The van der Waals surface area contributed by atoms with E-state index < -0.39 is 51.7 Å². The number of rotatable bonds is 13. The van der Waals surface area contributed by atoms with E-state index in [0.29, 0.717) is 6.54 Å². The molecule has 0 aliphatic carbocycles. The van der Waals surface area contributed by atoms with Crippen LogP contribution >= 0.6 is 0 Å². The van der Waals surface area contributed by atoms with E-state index in [4.69, 9.17) is 0 Å². The molecule has 0 aromatic heterocycles. The van der Waals surface area contributed by atoms with Crippen LogP contribution in [0, 0.1) is 17.6 Å². The number of sulfonamides is 1. The van der Waals surface area contributed by atoms with E-state index in [9.17, 15) is 31.9 Å². The summed E-state index contributed by atoms with van der Waals surface area (Å²) in [5, 5.41) is 17.6. The average Bonchev–Trinajstić information content (AvgIpc) is 3.39. The fourth-order valence-electron chi connectivity index (χ4n) is 5.96. The molecule has 248 valence electrons. The molecule has 0 radical (unpaired) electrons. The molecule has 2 saturated heterocycles. The zero-order chi connectivity index (χ0) is 32.9. The van der Waals surface area contributed by atoms with Crippen molar-refractivity contribution in [3.63, 3.8) is 0 Å². The maximum Gasteiger partial charge on any atom is 0.243 e. The molecule has 2 fully saturated rings. The number of nitrogens with one attached hydrogen (secondary N) is 2. The Morgan fingerprint density at radius 2 is 1.78 bits per heavy atom. The Kier molecular flexibility index (Phi) is 11.4. The van der Waals surface area contributed by atoms with E-state index in [0.717, 1.165) is 43.0 Å². The number of aliphatic hydroxyl groups is 1. The standard InChI is InChI=1S/C33H46F2N4O5S/c1-5-7-13-38-20-23(18-30(38)40)32(42)37-28(17-22-15-25(34)19-26(35)16-22)31(41)29-21-39(14-12-36-29)45(43,44)27-10-8-24(9-11-27)33(3,4)6-2/h8-11,15-16,19,23,28-29,31,36,41H,5-7,12-14,17-18,20-21H2,1-4H3,(H,37,42)/t23?,28?,29-,31+/m1/s1. The molecule has 9 nitrogen and oxygen atoms in total. The highest BCUT2D eigenvalue weighted by Crippen LogP contribution is 2.29. The molecule has 0 bridgehead atoms. The minimum atomic E-state index is -3.90. The lowest BCUT2D eigenvalue weighted by molar-refractivity contribution is -0.129. The zero-order valence-corrected chi connectivity index (χ0v) is 27.4. The van der Waals surface area contributed by atoms with Gasteiger partial charge >= 0.3 is 0 Å². The molecule has 4 atom stereocenters.